The first kappa shape index (κ1) is 24.9. The number of nitrogens with zero attached hydrogens (tertiary/aromatic N) is 3. The van der Waals surface area contributed by atoms with Gasteiger partial charge in [-0.3, -0.25) is 4.79 Å². The number of amides is 1. The van der Waals surface area contributed by atoms with E-state index in [9.17, 15) is 17.6 Å². The lowest BCUT2D eigenvalue weighted by Gasteiger charge is -2.28. The van der Waals surface area contributed by atoms with Crippen molar-refractivity contribution in [2.75, 3.05) is 29.5 Å². The van der Waals surface area contributed by atoms with E-state index in [0.717, 1.165) is 24.3 Å². The van der Waals surface area contributed by atoms with Crippen LogP contribution in [0, 0.1) is 12.7 Å². The number of carbonyl (C=O) groups is 1. The van der Waals surface area contributed by atoms with Gasteiger partial charge in [0, 0.05) is 43.0 Å². The fraction of sp³-hybridized carbons (Fsp3) is 0.385. The quantitative estimate of drug-likeness (QED) is 0.455. The summed E-state index contributed by atoms with van der Waals surface area (Å²) in [7, 11) is -3.21. The minimum atomic E-state index is -3.21. The van der Waals surface area contributed by atoms with Crippen LogP contribution >= 0.6 is 0 Å². The molecule has 1 aliphatic rings. The Hall–Kier alpha value is -3.20. The lowest BCUT2D eigenvalue weighted by molar-refractivity contribution is 0.0670. The van der Waals surface area contributed by atoms with E-state index in [2.05, 4.69) is 23.9 Å². The maximum atomic E-state index is 14.0. The van der Waals surface area contributed by atoms with Gasteiger partial charge in [0.05, 0.1) is 11.5 Å². The molecule has 1 unspecified atom stereocenters. The van der Waals surface area contributed by atoms with E-state index in [1.807, 2.05) is 24.3 Å². The van der Waals surface area contributed by atoms with Crippen molar-refractivity contribution in [1.29, 1.82) is 0 Å². The third-order valence-corrected chi connectivity index (χ3v) is 8.26. The van der Waals surface area contributed by atoms with Crippen molar-refractivity contribution in [3.8, 4) is 11.3 Å². The van der Waals surface area contributed by atoms with Crippen LogP contribution in [0.15, 0.2) is 53.1 Å². The number of rotatable bonds is 8. The van der Waals surface area contributed by atoms with E-state index < -0.39 is 21.8 Å². The highest BCUT2D eigenvalue weighted by Gasteiger charge is 2.36. The zero-order chi connectivity index (χ0) is 25.2. The Morgan fingerprint density at radius 1 is 1.11 bits per heavy atom. The standard InChI is InChI=1S/C26H30FN3O4S/c1-4-29(5-2)21-10-7-19(8-11-21)16-30(22-12-13-35(32,33)17-22)26(31)24-15-25(34-28-24)20-9-6-18(3)23(27)14-20/h6-11,14-15,22H,4-5,12-13,16-17H2,1-3H3. The molecule has 2 heterocycles. The van der Waals surface area contributed by atoms with Gasteiger partial charge in [0.2, 0.25) is 0 Å². The zero-order valence-corrected chi connectivity index (χ0v) is 21.0. The van der Waals surface area contributed by atoms with Crippen LogP contribution in [0.4, 0.5) is 10.1 Å². The average molecular weight is 500 g/mol. The van der Waals surface area contributed by atoms with E-state index in [4.69, 9.17) is 4.52 Å². The minimum absolute atomic E-state index is 0.0506. The Kier molecular flexibility index (Phi) is 7.25. The highest BCUT2D eigenvalue weighted by molar-refractivity contribution is 7.91. The van der Waals surface area contributed by atoms with Gasteiger partial charge in [-0.2, -0.15) is 0 Å². The molecule has 1 fully saturated rings. The van der Waals surface area contributed by atoms with Gasteiger partial charge >= 0.3 is 0 Å². The fourth-order valence-corrected chi connectivity index (χ4v) is 6.12. The molecule has 0 saturated carbocycles. The number of benzene rings is 2. The van der Waals surface area contributed by atoms with Gasteiger partial charge in [0.25, 0.3) is 5.91 Å². The second-order valence-electron chi connectivity index (χ2n) is 8.87. The summed E-state index contributed by atoms with van der Waals surface area (Å²) in [4.78, 5) is 17.3. The molecular formula is C26H30FN3O4S. The van der Waals surface area contributed by atoms with E-state index >= 15 is 0 Å². The van der Waals surface area contributed by atoms with Crippen LogP contribution in [0.1, 0.15) is 41.9 Å². The summed E-state index contributed by atoms with van der Waals surface area (Å²) in [5.41, 5.74) is 3.02. The van der Waals surface area contributed by atoms with Crippen molar-refractivity contribution in [3.05, 3.63) is 71.2 Å². The van der Waals surface area contributed by atoms with Gasteiger partial charge in [0.1, 0.15) is 5.82 Å². The Bertz CT molecular complexity index is 1300. The summed E-state index contributed by atoms with van der Waals surface area (Å²) in [6.45, 7) is 7.87. The summed E-state index contributed by atoms with van der Waals surface area (Å²) in [6.07, 6.45) is 0.374. The molecular weight excluding hydrogens is 469 g/mol. The van der Waals surface area contributed by atoms with Gasteiger partial charge < -0.3 is 14.3 Å². The highest BCUT2D eigenvalue weighted by atomic mass is 32.2. The molecule has 1 aliphatic heterocycles. The lowest BCUT2D eigenvalue weighted by Crippen LogP contribution is -2.40. The van der Waals surface area contributed by atoms with Crippen molar-refractivity contribution in [2.45, 2.75) is 39.8 Å². The first-order chi connectivity index (χ1) is 16.7. The summed E-state index contributed by atoms with van der Waals surface area (Å²) in [6, 6.07) is 13.6. The molecule has 3 aromatic rings. The first-order valence-corrected chi connectivity index (χ1v) is 13.6. The summed E-state index contributed by atoms with van der Waals surface area (Å²) < 4.78 is 43.7. The molecule has 0 aliphatic carbocycles. The third kappa shape index (κ3) is 5.56. The summed E-state index contributed by atoms with van der Waals surface area (Å²) in [5, 5.41) is 3.93. The van der Waals surface area contributed by atoms with Crippen LogP contribution in [0.25, 0.3) is 11.3 Å². The Morgan fingerprint density at radius 2 is 1.83 bits per heavy atom. The molecule has 4 rings (SSSR count). The molecule has 186 valence electrons. The van der Waals surface area contributed by atoms with Gasteiger partial charge in [-0.15, -0.1) is 0 Å². The Labute approximate surface area is 205 Å². The van der Waals surface area contributed by atoms with Gasteiger partial charge in [0.15, 0.2) is 21.3 Å². The first-order valence-electron chi connectivity index (χ1n) is 11.8. The zero-order valence-electron chi connectivity index (χ0n) is 20.2. The molecule has 2 aromatic carbocycles. The van der Waals surface area contributed by atoms with Crippen LogP contribution in [0.5, 0.6) is 0 Å². The van der Waals surface area contributed by atoms with Crippen LogP contribution in [-0.4, -0.2) is 55.0 Å². The van der Waals surface area contributed by atoms with Crippen molar-refractivity contribution in [3.63, 3.8) is 0 Å². The number of carbonyl (C=O) groups excluding carboxylic acids is 1. The van der Waals surface area contributed by atoms with Crippen LogP contribution in [0.3, 0.4) is 0 Å². The van der Waals surface area contributed by atoms with Crippen molar-refractivity contribution in [1.82, 2.24) is 10.1 Å². The topological polar surface area (TPSA) is 83.7 Å². The number of anilines is 1. The highest BCUT2D eigenvalue weighted by Crippen LogP contribution is 2.26. The number of halogens is 1. The molecule has 0 radical (unpaired) electrons. The van der Waals surface area contributed by atoms with Gasteiger partial charge in [-0.05, 0) is 56.5 Å². The molecule has 7 nitrogen and oxygen atoms in total. The maximum absolute atomic E-state index is 14.0. The number of hydrogen-bond donors (Lipinski definition) is 0. The molecule has 1 aromatic heterocycles. The smallest absolute Gasteiger partial charge is 0.276 e. The number of aryl methyl sites for hydroxylation is 1. The Morgan fingerprint density at radius 3 is 2.43 bits per heavy atom. The molecule has 1 saturated heterocycles. The second kappa shape index (κ2) is 10.2. The van der Waals surface area contributed by atoms with E-state index in [-0.39, 0.29) is 35.3 Å². The molecule has 9 heteroatoms. The van der Waals surface area contributed by atoms with Crippen molar-refractivity contribution >= 4 is 21.4 Å². The van der Waals surface area contributed by atoms with E-state index in [0.29, 0.717) is 17.5 Å². The van der Waals surface area contributed by atoms with E-state index in [1.165, 1.54) is 12.1 Å². The molecule has 1 amide bonds. The molecule has 1 atom stereocenters. The van der Waals surface area contributed by atoms with Crippen LogP contribution in [0.2, 0.25) is 0 Å². The maximum Gasteiger partial charge on any atom is 0.276 e. The van der Waals surface area contributed by atoms with Crippen LogP contribution in [-0.2, 0) is 16.4 Å². The molecule has 0 bridgehead atoms. The number of sulfone groups is 1. The van der Waals surface area contributed by atoms with Gasteiger partial charge in [-0.25, -0.2) is 12.8 Å². The van der Waals surface area contributed by atoms with Gasteiger partial charge in [-0.1, -0.05) is 29.4 Å². The van der Waals surface area contributed by atoms with Crippen molar-refractivity contribution < 1.29 is 22.1 Å². The van der Waals surface area contributed by atoms with Crippen LogP contribution < -0.4 is 4.90 Å². The lowest BCUT2D eigenvalue weighted by atomic mass is 10.1. The molecule has 0 N–H and O–H groups in total. The summed E-state index contributed by atoms with van der Waals surface area (Å²) in [5.74, 6) is -0.547. The van der Waals surface area contributed by atoms with E-state index in [1.54, 1.807) is 24.0 Å². The molecule has 35 heavy (non-hydrogen) atoms. The fourth-order valence-electron chi connectivity index (χ4n) is 4.39. The van der Waals surface area contributed by atoms with Crippen molar-refractivity contribution in [2.24, 2.45) is 0 Å². The number of aromatic nitrogens is 1. The largest absolute Gasteiger partial charge is 0.372 e. The predicted octanol–water partition coefficient (Wildman–Crippen LogP) is 4.46. The minimum Gasteiger partial charge on any atom is -0.372 e. The SMILES string of the molecule is CCN(CC)c1ccc(CN(C(=O)c2cc(-c3ccc(C)c(F)c3)on2)C2CCS(=O)(=O)C2)cc1. The molecule has 0 spiro atoms. The second-order valence-corrected chi connectivity index (χ2v) is 11.1. The third-order valence-electron chi connectivity index (χ3n) is 6.51. The predicted molar refractivity (Wildman–Crippen MR) is 134 cm³/mol. The normalized spacial score (nSPS) is 16.9. The average Bonchev–Trinajstić information content (AvgIpc) is 3.47. The number of hydrogen-bond acceptors (Lipinski definition) is 6. The summed E-state index contributed by atoms with van der Waals surface area (Å²) >= 11 is 0. The monoisotopic (exact) mass is 499 g/mol. The Balaban J connectivity index is 1.60.